The predicted molar refractivity (Wildman–Crippen MR) is 84.0 cm³/mol. The van der Waals surface area contributed by atoms with Crippen molar-refractivity contribution < 1.29 is 4.39 Å². The molecule has 0 saturated carbocycles. The number of imidazole rings is 1. The van der Waals surface area contributed by atoms with E-state index < -0.39 is 0 Å². The average Bonchev–Trinajstić information content (AvgIpc) is 2.82. The lowest BCUT2D eigenvalue weighted by Crippen LogP contribution is -2.07. The minimum absolute atomic E-state index is 0.227. The Balaban J connectivity index is 2.02. The van der Waals surface area contributed by atoms with Gasteiger partial charge in [0.2, 0.25) is 0 Å². The van der Waals surface area contributed by atoms with E-state index in [-0.39, 0.29) is 11.9 Å². The van der Waals surface area contributed by atoms with Gasteiger partial charge in [-0.15, -0.1) is 0 Å². The number of aryl methyl sites for hydroxylation is 1. The van der Waals surface area contributed by atoms with Crippen LogP contribution in [-0.4, -0.2) is 9.97 Å². The van der Waals surface area contributed by atoms with Gasteiger partial charge in [0.05, 0.1) is 15.9 Å². The van der Waals surface area contributed by atoms with E-state index in [1.165, 1.54) is 17.8 Å². The van der Waals surface area contributed by atoms with E-state index in [9.17, 15) is 4.39 Å². The van der Waals surface area contributed by atoms with E-state index >= 15 is 0 Å². The fourth-order valence-electron chi connectivity index (χ4n) is 2.24. The van der Waals surface area contributed by atoms with Crippen molar-refractivity contribution in [3.8, 4) is 0 Å². The molecule has 21 heavy (non-hydrogen) atoms. The molecule has 3 nitrogen and oxygen atoms in total. The van der Waals surface area contributed by atoms with Gasteiger partial charge in [0.25, 0.3) is 0 Å². The third-order valence-electron chi connectivity index (χ3n) is 3.30. The predicted octanol–water partition coefficient (Wildman–Crippen LogP) is 4.18. The second-order valence-electron chi connectivity index (χ2n) is 5.11. The van der Waals surface area contributed by atoms with E-state index in [1.807, 2.05) is 38.1 Å². The summed E-state index contributed by atoms with van der Waals surface area (Å²) in [6.07, 6.45) is 0. The minimum Gasteiger partial charge on any atom is -0.333 e. The number of rotatable bonds is 3. The monoisotopic (exact) mass is 301 g/mol. The van der Waals surface area contributed by atoms with Crippen molar-refractivity contribution in [2.45, 2.75) is 29.9 Å². The van der Waals surface area contributed by atoms with Crippen molar-refractivity contribution in [1.29, 1.82) is 0 Å². The van der Waals surface area contributed by atoms with Crippen molar-refractivity contribution in [2.24, 2.45) is 5.73 Å². The number of aromatic nitrogens is 2. The van der Waals surface area contributed by atoms with Gasteiger partial charge in [-0.1, -0.05) is 18.2 Å². The van der Waals surface area contributed by atoms with Crippen molar-refractivity contribution >= 4 is 22.8 Å². The van der Waals surface area contributed by atoms with Gasteiger partial charge in [-0.25, -0.2) is 9.37 Å². The maximum Gasteiger partial charge on any atom is 0.171 e. The zero-order chi connectivity index (χ0) is 15.0. The number of benzene rings is 2. The first-order chi connectivity index (χ1) is 10.0. The van der Waals surface area contributed by atoms with Crippen molar-refractivity contribution in [2.75, 3.05) is 0 Å². The van der Waals surface area contributed by atoms with Gasteiger partial charge < -0.3 is 10.7 Å². The quantitative estimate of drug-likeness (QED) is 0.763. The highest BCUT2D eigenvalue weighted by molar-refractivity contribution is 7.99. The van der Waals surface area contributed by atoms with Gasteiger partial charge >= 0.3 is 0 Å². The molecule has 0 aliphatic rings. The fraction of sp³-hybridized carbons (Fsp3) is 0.188. The second kappa shape index (κ2) is 5.50. The SMILES string of the molecule is Cc1ccc2nc(Sc3c(F)cccc3C(C)N)[nH]c2c1. The molecule has 3 rings (SSSR count). The van der Waals surface area contributed by atoms with Crippen LogP contribution in [0.5, 0.6) is 0 Å². The highest BCUT2D eigenvalue weighted by Crippen LogP contribution is 2.34. The summed E-state index contributed by atoms with van der Waals surface area (Å²) in [4.78, 5) is 8.24. The van der Waals surface area contributed by atoms with Gasteiger partial charge in [-0.2, -0.15) is 0 Å². The van der Waals surface area contributed by atoms with Crippen LogP contribution in [0, 0.1) is 12.7 Å². The Hall–Kier alpha value is -1.85. The standard InChI is InChI=1S/C16H16FN3S/c1-9-6-7-13-14(8-9)20-16(19-13)21-15-11(10(2)18)4-3-5-12(15)17/h3-8,10H,18H2,1-2H3,(H,19,20). The Bertz CT molecular complexity index is 795. The molecule has 0 aliphatic carbocycles. The smallest absolute Gasteiger partial charge is 0.171 e. The molecule has 1 atom stereocenters. The number of nitrogens with two attached hydrogens (primary N) is 1. The molecular formula is C16H16FN3S. The maximum atomic E-state index is 14.1. The molecule has 0 spiro atoms. The molecule has 0 aliphatic heterocycles. The van der Waals surface area contributed by atoms with Gasteiger partial charge in [-0.05, 0) is 54.9 Å². The normalized spacial score (nSPS) is 12.8. The van der Waals surface area contributed by atoms with E-state index in [0.29, 0.717) is 10.1 Å². The van der Waals surface area contributed by atoms with Crippen LogP contribution in [0.25, 0.3) is 11.0 Å². The molecule has 2 aromatic carbocycles. The second-order valence-corrected chi connectivity index (χ2v) is 6.11. The summed E-state index contributed by atoms with van der Waals surface area (Å²) in [5.74, 6) is -0.272. The molecule has 0 fully saturated rings. The Morgan fingerprint density at radius 1 is 1.29 bits per heavy atom. The highest BCUT2D eigenvalue weighted by Gasteiger charge is 2.15. The molecule has 3 aromatic rings. The van der Waals surface area contributed by atoms with Crippen LogP contribution in [-0.2, 0) is 0 Å². The Kier molecular flexibility index (Phi) is 3.69. The zero-order valence-corrected chi connectivity index (χ0v) is 12.7. The van der Waals surface area contributed by atoms with Crippen LogP contribution < -0.4 is 5.73 Å². The van der Waals surface area contributed by atoms with Crippen molar-refractivity contribution in [3.05, 3.63) is 53.3 Å². The first-order valence-electron chi connectivity index (χ1n) is 6.73. The molecular weight excluding hydrogens is 285 g/mol. The number of hydrogen-bond acceptors (Lipinski definition) is 3. The molecule has 3 N–H and O–H groups in total. The lowest BCUT2D eigenvalue weighted by molar-refractivity contribution is 0.591. The molecule has 5 heteroatoms. The third-order valence-corrected chi connectivity index (χ3v) is 4.32. The van der Waals surface area contributed by atoms with Crippen LogP contribution in [0.1, 0.15) is 24.1 Å². The Morgan fingerprint density at radius 3 is 2.86 bits per heavy atom. The summed E-state index contributed by atoms with van der Waals surface area (Å²) >= 11 is 1.28. The summed E-state index contributed by atoms with van der Waals surface area (Å²) < 4.78 is 14.1. The summed E-state index contributed by atoms with van der Waals surface area (Å²) in [6.45, 7) is 3.87. The molecule has 1 unspecified atom stereocenters. The van der Waals surface area contributed by atoms with Crippen LogP contribution in [0.15, 0.2) is 46.5 Å². The number of fused-ring (bicyclic) bond motifs is 1. The number of nitrogens with zero attached hydrogens (tertiary/aromatic N) is 1. The van der Waals surface area contributed by atoms with E-state index in [4.69, 9.17) is 5.73 Å². The molecule has 1 heterocycles. The van der Waals surface area contributed by atoms with E-state index in [2.05, 4.69) is 9.97 Å². The van der Waals surface area contributed by atoms with Gasteiger partial charge in [0, 0.05) is 6.04 Å². The third kappa shape index (κ3) is 2.80. The topological polar surface area (TPSA) is 54.7 Å². The number of H-pyrrole nitrogens is 1. The first-order valence-corrected chi connectivity index (χ1v) is 7.54. The lowest BCUT2D eigenvalue weighted by atomic mass is 10.1. The summed E-state index contributed by atoms with van der Waals surface area (Å²) in [5, 5.41) is 0.669. The minimum atomic E-state index is -0.272. The first kappa shape index (κ1) is 14.1. The van der Waals surface area contributed by atoms with Crippen LogP contribution in [0.4, 0.5) is 4.39 Å². The van der Waals surface area contributed by atoms with Crippen molar-refractivity contribution in [1.82, 2.24) is 9.97 Å². The molecule has 0 bridgehead atoms. The van der Waals surface area contributed by atoms with Gasteiger partial charge in [-0.3, -0.25) is 0 Å². The lowest BCUT2D eigenvalue weighted by Gasteiger charge is -2.11. The molecule has 1 aromatic heterocycles. The maximum absolute atomic E-state index is 14.1. The summed E-state index contributed by atoms with van der Waals surface area (Å²) in [6, 6.07) is 10.7. The number of hydrogen-bond donors (Lipinski definition) is 2. The van der Waals surface area contributed by atoms with Gasteiger partial charge in [0.15, 0.2) is 5.16 Å². The van der Waals surface area contributed by atoms with Crippen LogP contribution >= 0.6 is 11.8 Å². The van der Waals surface area contributed by atoms with E-state index in [1.54, 1.807) is 6.07 Å². The average molecular weight is 301 g/mol. The zero-order valence-electron chi connectivity index (χ0n) is 11.9. The molecule has 108 valence electrons. The summed E-state index contributed by atoms with van der Waals surface area (Å²) in [7, 11) is 0. The van der Waals surface area contributed by atoms with Crippen LogP contribution in [0.2, 0.25) is 0 Å². The highest BCUT2D eigenvalue weighted by atomic mass is 32.2. The van der Waals surface area contributed by atoms with E-state index in [0.717, 1.165) is 22.2 Å². The van der Waals surface area contributed by atoms with Gasteiger partial charge in [0.1, 0.15) is 5.82 Å². The molecule has 0 amide bonds. The van der Waals surface area contributed by atoms with Crippen molar-refractivity contribution in [3.63, 3.8) is 0 Å². The number of halogens is 1. The molecule has 0 saturated heterocycles. The fourth-order valence-corrected chi connectivity index (χ4v) is 3.27. The number of nitrogens with one attached hydrogen (secondary N) is 1. The summed E-state index contributed by atoms with van der Waals surface area (Å²) in [5.41, 5.74) is 9.70. The van der Waals surface area contributed by atoms with Crippen LogP contribution in [0.3, 0.4) is 0 Å². The molecule has 0 radical (unpaired) electrons. The number of aromatic amines is 1. The Morgan fingerprint density at radius 2 is 2.10 bits per heavy atom. The Labute approximate surface area is 126 Å². The largest absolute Gasteiger partial charge is 0.333 e.